The van der Waals surface area contributed by atoms with Crippen LogP contribution in [0, 0.1) is 0 Å². The third-order valence-electron chi connectivity index (χ3n) is 1.94. The van der Waals surface area contributed by atoms with Crippen molar-refractivity contribution >= 4 is 17.6 Å². The van der Waals surface area contributed by atoms with Crippen molar-refractivity contribution in [3.63, 3.8) is 0 Å². The van der Waals surface area contributed by atoms with Gasteiger partial charge in [-0.2, -0.15) is 0 Å². The Morgan fingerprint density at radius 1 is 1.29 bits per heavy atom. The van der Waals surface area contributed by atoms with Crippen molar-refractivity contribution in [1.29, 1.82) is 0 Å². The van der Waals surface area contributed by atoms with Gasteiger partial charge in [-0.25, -0.2) is 4.79 Å². The van der Waals surface area contributed by atoms with Crippen LogP contribution in [0.2, 0.25) is 0 Å². The molecule has 0 fully saturated rings. The van der Waals surface area contributed by atoms with Crippen LogP contribution in [0.3, 0.4) is 0 Å². The highest BCUT2D eigenvalue weighted by Gasteiger charge is 2.06. The Hall–Kier alpha value is -2.10. The molecule has 0 atom stereocenters. The average Bonchev–Trinajstić information content (AvgIpc) is 2.29. The number of carbonyl (C=O) groups is 2. The summed E-state index contributed by atoms with van der Waals surface area (Å²) in [5, 5.41) is 2.61. The number of hydrogen-bond acceptors (Lipinski definition) is 3. The van der Waals surface area contributed by atoms with E-state index in [1.807, 2.05) is 18.2 Å². The van der Waals surface area contributed by atoms with Gasteiger partial charge in [0.2, 0.25) is 5.91 Å². The van der Waals surface area contributed by atoms with Crippen molar-refractivity contribution in [1.82, 2.24) is 5.32 Å². The van der Waals surface area contributed by atoms with Crippen LogP contribution >= 0.6 is 0 Å². The molecule has 0 unspecified atom stereocenters. The minimum atomic E-state index is -0.472. The molecule has 90 valence electrons. The Kier molecular flexibility index (Phi) is 4.94. The van der Waals surface area contributed by atoms with Crippen LogP contribution in [0.25, 0.3) is 5.70 Å². The van der Waals surface area contributed by atoms with E-state index >= 15 is 0 Å². The molecule has 0 radical (unpaired) electrons. The maximum absolute atomic E-state index is 11.4. The lowest BCUT2D eigenvalue weighted by molar-refractivity contribution is -0.137. The van der Waals surface area contributed by atoms with Gasteiger partial charge in [0.05, 0.1) is 12.3 Å². The van der Waals surface area contributed by atoms with Gasteiger partial charge in [-0.15, -0.1) is 0 Å². The van der Waals surface area contributed by atoms with Crippen LogP contribution in [0.4, 0.5) is 0 Å². The summed E-state index contributed by atoms with van der Waals surface area (Å²) in [7, 11) is 0. The molecule has 0 bridgehead atoms. The van der Waals surface area contributed by atoms with Crippen molar-refractivity contribution in [2.75, 3.05) is 6.61 Å². The third-order valence-corrected chi connectivity index (χ3v) is 1.94. The van der Waals surface area contributed by atoms with Gasteiger partial charge in [-0.3, -0.25) is 4.79 Å². The summed E-state index contributed by atoms with van der Waals surface area (Å²) in [6.07, 6.45) is 1.28. The smallest absolute Gasteiger partial charge is 0.332 e. The van der Waals surface area contributed by atoms with Crippen LogP contribution in [0.15, 0.2) is 36.4 Å². The van der Waals surface area contributed by atoms with Crippen molar-refractivity contribution in [3.8, 4) is 0 Å². The Balaban J connectivity index is 2.96. The fourth-order valence-electron chi connectivity index (χ4n) is 1.30. The molecule has 1 amide bonds. The molecule has 1 aromatic rings. The van der Waals surface area contributed by atoms with Gasteiger partial charge in [-0.05, 0) is 12.5 Å². The molecule has 1 aromatic carbocycles. The summed E-state index contributed by atoms with van der Waals surface area (Å²) in [6.45, 7) is 3.42. The molecular formula is C13H15NO3. The number of carbonyl (C=O) groups excluding carboxylic acids is 2. The molecule has 1 N–H and O–H groups in total. The Bertz CT molecular complexity index is 424. The molecule has 0 aliphatic rings. The van der Waals surface area contributed by atoms with E-state index in [4.69, 9.17) is 4.74 Å². The largest absolute Gasteiger partial charge is 0.463 e. The third kappa shape index (κ3) is 4.51. The SMILES string of the molecule is CCOC(=O)/C=C(/NC(C)=O)c1ccccc1. The minimum Gasteiger partial charge on any atom is -0.463 e. The van der Waals surface area contributed by atoms with E-state index in [2.05, 4.69) is 5.32 Å². The van der Waals surface area contributed by atoms with Gasteiger partial charge in [0.1, 0.15) is 0 Å². The quantitative estimate of drug-likeness (QED) is 0.636. The molecule has 17 heavy (non-hydrogen) atoms. The van der Waals surface area contributed by atoms with Gasteiger partial charge in [0.25, 0.3) is 0 Å². The van der Waals surface area contributed by atoms with Gasteiger partial charge in [-0.1, -0.05) is 30.3 Å². The summed E-state index contributed by atoms with van der Waals surface area (Å²) < 4.78 is 4.81. The number of hydrogen-bond donors (Lipinski definition) is 1. The maximum Gasteiger partial charge on any atom is 0.332 e. The second-order valence-electron chi connectivity index (χ2n) is 3.36. The Morgan fingerprint density at radius 3 is 2.47 bits per heavy atom. The second-order valence-corrected chi connectivity index (χ2v) is 3.36. The summed E-state index contributed by atoms with van der Waals surface area (Å²) in [6, 6.07) is 9.13. The molecule has 0 aliphatic carbocycles. The van der Waals surface area contributed by atoms with Crippen LogP contribution in [-0.2, 0) is 14.3 Å². The fourth-order valence-corrected chi connectivity index (χ4v) is 1.30. The number of ether oxygens (including phenoxy) is 1. The summed E-state index contributed by atoms with van der Waals surface area (Å²) in [5.41, 5.74) is 1.20. The predicted octanol–water partition coefficient (Wildman–Crippen LogP) is 1.73. The van der Waals surface area contributed by atoms with Crippen LogP contribution in [-0.4, -0.2) is 18.5 Å². The van der Waals surface area contributed by atoms with Gasteiger partial charge in [0, 0.05) is 13.0 Å². The molecule has 4 heteroatoms. The van der Waals surface area contributed by atoms with E-state index < -0.39 is 5.97 Å². The minimum absolute atomic E-state index is 0.232. The zero-order valence-corrected chi connectivity index (χ0v) is 9.90. The van der Waals surface area contributed by atoms with Crippen molar-refractivity contribution in [2.45, 2.75) is 13.8 Å². The Morgan fingerprint density at radius 2 is 1.94 bits per heavy atom. The molecule has 0 saturated carbocycles. The van der Waals surface area contributed by atoms with Gasteiger partial charge < -0.3 is 10.1 Å². The number of rotatable bonds is 4. The first-order chi connectivity index (χ1) is 8.13. The standard InChI is InChI=1S/C13H15NO3/c1-3-17-13(16)9-12(14-10(2)15)11-7-5-4-6-8-11/h4-9H,3H2,1-2H3,(H,14,15)/b12-9+. The number of benzene rings is 1. The molecule has 0 heterocycles. The zero-order valence-electron chi connectivity index (χ0n) is 9.90. The number of amides is 1. The van der Waals surface area contributed by atoms with Gasteiger partial charge >= 0.3 is 5.97 Å². The van der Waals surface area contributed by atoms with Gasteiger partial charge in [0.15, 0.2) is 0 Å². The first-order valence-electron chi connectivity index (χ1n) is 5.35. The lowest BCUT2D eigenvalue weighted by Crippen LogP contribution is -2.19. The van der Waals surface area contributed by atoms with Crippen LogP contribution < -0.4 is 5.32 Å². The van der Waals surface area contributed by atoms with Crippen molar-refractivity contribution < 1.29 is 14.3 Å². The summed E-state index contributed by atoms with van der Waals surface area (Å²) in [5.74, 6) is -0.704. The first-order valence-corrected chi connectivity index (χ1v) is 5.35. The van der Waals surface area contributed by atoms with E-state index in [1.54, 1.807) is 19.1 Å². The fraction of sp³-hybridized carbons (Fsp3) is 0.231. The Labute approximate surface area is 100 Å². The molecule has 1 rings (SSSR count). The summed E-state index contributed by atoms with van der Waals surface area (Å²) in [4.78, 5) is 22.4. The lowest BCUT2D eigenvalue weighted by atomic mass is 10.1. The zero-order chi connectivity index (χ0) is 12.7. The number of nitrogens with one attached hydrogen (secondary N) is 1. The highest BCUT2D eigenvalue weighted by Crippen LogP contribution is 2.10. The predicted molar refractivity (Wildman–Crippen MR) is 64.9 cm³/mol. The van der Waals surface area contributed by atoms with E-state index in [9.17, 15) is 9.59 Å². The highest BCUT2D eigenvalue weighted by molar-refractivity contribution is 5.95. The topological polar surface area (TPSA) is 55.4 Å². The summed E-state index contributed by atoms with van der Waals surface area (Å²) >= 11 is 0. The highest BCUT2D eigenvalue weighted by atomic mass is 16.5. The first kappa shape index (κ1) is 13.0. The van der Waals surface area contributed by atoms with Crippen LogP contribution in [0.5, 0.6) is 0 Å². The maximum atomic E-state index is 11.4. The molecule has 0 aliphatic heterocycles. The van der Waals surface area contributed by atoms with Crippen LogP contribution in [0.1, 0.15) is 19.4 Å². The molecule has 0 aromatic heterocycles. The van der Waals surface area contributed by atoms with E-state index in [0.717, 1.165) is 5.56 Å². The monoisotopic (exact) mass is 233 g/mol. The van der Waals surface area contributed by atoms with E-state index in [-0.39, 0.29) is 5.91 Å². The number of esters is 1. The molecule has 4 nitrogen and oxygen atoms in total. The average molecular weight is 233 g/mol. The van der Waals surface area contributed by atoms with Crippen molar-refractivity contribution in [3.05, 3.63) is 42.0 Å². The molecule has 0 spiro atoms. The lowest BCUT2D eigenvalue weighted by Gasteiger charge is -2.08. The molecular weight excluding hydrogens is 218 g/mol. The van der Waals surface area contributed by atoms with E-state index in [1.165, 1.54) is 13.0 Å². The molecule has 0 saturated heterocycles. The second kappa shape index (κ2) is 6.48. The van der Waals surface area contributed by atoms with Crippen molar-refractivity contribution in [2.24, 2.45) is 0 Å². The normalized spacial score (nSPS) is 10.8. The van der Waals surface area contributed by atoms with E-state index in [0.29, 0.717) is 12.3 Å².